The summed E-state index contributed by atoms with van der Waals surface area (Å²) in [6.07, 6.45) is 0. The maximum absolute atomic E-state index is 11.0. The van der Waals surface area contributed by atoms with Crippen LogP contribution < -0.4 is 0 Å². The summed E-state index contributed by atoms with van der Waals surface area (Å²) in [5.41, 5.74) is 0.370. The first-order chi connectivity index (χ1) is 6.03. The zero-order chi connectivity index (χ0) is 9.90. The van der Waals surface area contributed by atoms with E-state index < -0.39 is 10.1 Å². The molecule has 13 heavy (non-hydrogen) atoms. The molecule has 4 nitrogen and oxygen atoms in total. The van der Waals surface area contributed by atoms with Gasteiger partial charge in [-0.25, -0.2) is 4.98 Å². The van der Waals surface area contributed by atoms with Crippen LogP contribution in [0.5, 0.6) is 0 Å². The van der Waals surface area contributed by atoms with Gasteiger partial charge in [0.15, 0.2) is 0 Å². The number of hydrogen-bond donors (Lipinski definition) is 0. The Morgan fingerprint density at radius 3 is 2.77 bits per heavy atom. The van der Waals surface area contributed by atoms with E-state index in [1.54, 1.807) is 18.2 Å². The van der Waals surface area contributed by atoms with Gasteiger partial charge in [0, 0.05) is 0 Å². The normalized spacial score (nSPS) is 11.5. The number of pyridine rings is 1. The molecular formula is C7H8ClNO3S. The second-order valence-corrected chi connectivity index (χ2v) is 4.44. The van der Waals surface area contributed by atoms with Gasteiger partial charge in [-0.05, 0) is 12.1 Å². The summed E-state index contributed by atoms with van der Waals surface area (Å²) in [7, 11) is -2.40. The molecule has 0 saturated carbocycles. The number of aromatic nitrogens is 1. The molecule has 0 aromatic carbocycles. The van der Waals surface area contributed by atoms with Crippen LogP contribution in [0.3, 0.4) is 0 Å². The van der Waals surface area contributed by atoms with E-state index in [2.05, 4.69) is 9.17 Å². The molecule has 0 spiro atoms. The van der Waals surface area contributed by atoms with Crippen LogP contribution in [-0.4, -0.2) is 20.5 Å². The van der Waals surface area contributed by atoms with Gasteiger partial charge in [-0.15, -0.1) is 0 Å². The van der Waals surface area contributed by atoms with Crippen LogP contribution in [0.1, 0.15) is 5.69 Å². The molecule has 1 aromatic heterocycles. The second-order valence-electron chi connectivity index (χ2n) is 2.32. The largest absolute Gasteiger partial charge is 0.273 e. The third-order valence-corrected chi connectivity index (χ3v) is 2.72. The lowest BCUT2D eigenvalue weighted by Crippen LogP contribution is -2.06. The highest BCUT2D eigenvalue weighted by molar-refractivity contribution is 7.85. The van der Waals surface area contributed by atoms with E-state index in [1.165, 1.54) is 0 Å². The third-order valence-electron chi connectivity index (χ3n) is 1.35. The highest BCUT2D eigenvalue weighted by Crippen LogP contribution is 2.08. The summed E-state index contributed by atoms with van der Waals surface area (Å²) in [5, 5.41) is 0.267. The van der Waals surface area contributed by atoms with E-state index in [9.17, 15) is 8.42 Å². The average Bonchev–Trinajstić information content (AvgIpc) is 2.03. The Hall–Kier alpha value is -0.650. The monoisotopic (exact) mass is 221 g/mol. The molecule has 0 bridgehead atoms. The Bertz CT molecular complexity index is 390. The third kappa shape index (κ3) is 3.30. The standard InChI is InChI=1S/C7H8ClNO3S/c1-12-13(10,11)5-6-3-2-4-7(8)9-6/h2-4H,5H2,1H3. The van der Waals surface area contributed by atoms with E-state index in [-0.39, 0.29) is 10.9 Å². The Balaban J connectivity index is 2.87. The van der Waals surface area contributed by atoms with Crippen molar-refractivity contribution in [2.24, 2.45) is 0 Å². The molecule has 1 heterocycles. The molecule has 0 amide bonds. The highest BCUT2D eigenvalue weighted by atomic mass is 35.5. The van der Waals surface area contributed by atoms with E-state index in [0.717, 1.165) is 7.11 Å². The van der Waals surface area contributed by atoms with Crippen molar-refractivity contribution in [2.75, 3.05) is 7.11 Å². The molecule has 0 aliphatic heterocycles. The first-order valence-corrected chi connectivity index (χ1v) is 5.39. The van der Waals surface area contributed by atoms with E-state index in [1.807, 2.05) is 0 Å². The lowest BCUT2D eigenvalue weighted by molar-refractivity contribution is 0.396. The van der Waals surface area contributed by atoms with Crippen molar-refractivity contribution in [3.05, 3.63) is 29.0 Å². The fourth-order valence-electron chi connectivity index (χ4n) is 0.771. The van der Waals surface area contributed by atoms with Crippen LogP contribution in [-0.2, 0) is 20.1 Å². The van der Waals surface area contributed by atoms with Crippen molar-refractivity contribution >= 4 is 21.7 Å². The molecule has 0 N–H and O–H groups in total. The summed E-state index contributed by atoms with van der Waals surface area (Å²) in [6.45, 7) is 0. The molecule has 0 saturated heterocycles. The quantitative estimate of drug-likeness (QED) is 0.569. The molecule has 0 aliphatic carbocycles. The minimum atomic E-state index is -3.51. The first-order valence-electron chi connectivity index (χ1n) is 3.43. The zero-order valence-corrected chi connectivity index (χ0v) is 8.47. The molecule has 72 valence electrons. The first kappa shape index (κ1) is 10.4. The fraction of sp³-hybridized carbons (Fsp3) is 0.286. The van der Waals surface area contributed by atoms with Crippen LogP contribution >= 0.6 is 11.6 Å². The number of halogens is 1. The summed E-state index contributed by atoms with van der Waals surface area (Å²) in [5.74, 6) is -0.260. The molecule has 0 unspecified atom stereocenters. The van der Waals surface area contributed by atoms with Crippen LogP contribution in [0.25, 0.3) is 0 Å². The lowest BCUT2D eigenvalue weighted by Gasteiger charge is -2.00. The van der Waals surface area contributed by atoms with Crippen LogP contribution in [0.2, 0.25) is 5.15 Å². The fourth-order valence-corrected chi connectivity index (χ4v) is 1.59. The van der Waals surface area contributed by atoms with Gasteiger partial charge < -0.3 is 0 Å². The summed E-state index contributed by atoms with van der Waals surface area (Å²) in [6, 6.07) is 4.78. The van der Waals surface area contributed by atoms with Gasteiger partial charge >= 0.3 is 0 Å². The Kier molecular flexibility index (Phi) is 3.24. The van der Waals surface area contributed by atoms with Gasteiger partial charge in [0.05, 0.1) is 12.8 Å². The maximum atomic E-state index is 11.0. The van der Waals surface area contributed by atoms with E-state index >= 15 is 0 Å². The summed E-state index contributed by atoms with van der Waals surface area (Å²) in [4.78, 5) is 3.81. The van der Waals surface area contributed by atoms with Crippen LogP contribution in [0.15, 0.2) is 18.2 Å². The Morgan fingerprint density at radius 1 is 1.54 bits per heavy atom. The molecule has 1 aromatic rings. The van der Waals surface area contributed by atoms with Gasteiger partial charge in [0.1, 0.15) is 10.9 Å². The molecule has 0 atom stereocenters. The number of rotatable bonds is 3. The van der Waals surface area contributed by atoms with Gasteiger partial charge in [-0.2, -0.15) is 8.42 Å². The molecule has 0 aliphatic rings. The lowest BCUT2D eigenvalue weighted by atomic mass is 10.4. The smallest absolute Gasteiger partial charge is 0.272 e. The van der Waals surface area contributed by atoms with Crippen molar-refractivity contribution < 1.29 is 12.6 Å². The van der Waals surface area contributed by atoms with Crippen LogP contribution in [0.4, 0.5) is 0 Å². The maximum Gasteiger partial charge on any atom is 0.272 e. The summed E-state index contributed by atoms with van der Waals surface area (Å²) >= 11 is 5.57. The van der Waals surface area contributed by atoms with Crippen molar-refractivity contribution in [1.82, 2.24) is 4.98 Å². The van der Waals surface area contributed by atoms with Gasteiger partial charge in [0.25, 0.3) is 10.1 Å². The Labute approximate surface area is 81.6 Å². The minimum Gasteiger partial charge on any atom is -0.273 e. The number of nitrogens with zero attached hydrogens (tertiary/aromatic N) is 1. The SMILES string of the molecule is COS(=O)(=O)Cc1cccc(Cl)n1. The highest BCUT2D eigenvalue weighted by Gasteiger charge is 2.10. The number of hydrogen-bond acceptors (Lipinski definition) is 4. The van der Waals surface area contributed by atoms with E-state index in [4.69, 9.17) is 11.6 Å². The molecule has 6 heteroatoms. The van der Waals surface area contributed by atoms with Crippen LogP contribution in [0, 0.1) is 0 Å². The van der Waals surface area contributed by atoms with Crippen molar-refractivity contribution in [3.63, 3.8) is 0 Å². The van der Waals surface area contributed by atoms with Gasteiger partial charge in [0.2, 0.25) is 0 Å². The van der Waals surface area contributed by atoms with Crippen molar-refractivity contribution in [2.45, 2.75) is 5.75 Å². The van der Waals surface area contributed by atoms with Crippen molar-refractivity contribution in [1.29, 1.82) is 0 Å². The zero-order valence-electron chi connectivity index (χ0n) is 6.90. The van der Waals surface area contributed by atoms with Gasteiger partial charge in [-0.1, -0.05) is 17.7 Å². The second kappa shape index (κ2) is 4.04. The summed E-state index contributed by atoms with van der Waals surface area (Å²) < 4.78 is 26.2. The molecule has 0 radical (unpaired) electrons. The van der Waals surface area contributed by atoms with Crippen molar-refractivity contribution in [3.8, 4) is 0 Å². The molecule has 1 rings (SSSR count). The predicted molar refractivity (Wildman–Crippen MR) is 48.9 cm³/mol. The topological polar surface area (TPSA) is 56.3 Å². The molecule has 0 fully saturated rings. The van der Waals surface area contributed by atoms with Gasteiger partial charge in [-0.3, -0.25) is 4.18 Å². The predicted octanol–water partition coefficient (Wildman–Crippen LogP) is 1.21. The minimum absolute atomic E-state index is 0.260. The molecular weight excluding hydrogens is 214 g/mol. The average molecular weight is 222 g/mol. The van der Waals surface area contributed by atoms with E-state index in [0.29, 0.717) is 5.69 Å². The Morgan fingerprint density at radius 2 is 2.23 bits per heavy atom.